The summed E-state index contributed by atoms with van der Waals surface area (Å²) >= 11 is 0. The molecule has 2 N–H and O–H groups in total. The lowest BCUT2D eigenvalue weighted by atomic mass is 10.1. The van der Waals surface area contributed by atoms with Crippen molar-refractivity contribution < 1.29 is 4.74 Å². The highest BCUT2D eigenvalue weighted by Crippen LogP contribution is 2.26. The van der Waals surface area contributed by atoms with Crippen LogP contribution in [0.25, 0.3) is 11.1 Å². The Kier molecular flexibility index (Phi) is 3.94. The summed E-state index contributed by atoms with van der Waals surface area (Å²) in [4.78, 5) is 4.21. The molecule has 3 nitrogen and oxygen atoms in total. The normalized spacial score (nSPS) is 10.3. The maximum absolute atomic E-state index is 5.85. The first-order valence-electron chi connectivity index (χ1n) is 6.84. The van der Waals surface area contributed by atoms with Gasteiger partial charge in [-0.05, 0) is 35.4 Å². The molecular weight excluding hydrogens is 260 g/mol. The molecule has 0 aliphatic carbocycles. The van der Waals surface area contributed by atoms with E-state index in [4.69, 9.17) is 10.5 Å². The van der Waals surface area contributed by atoms with Crippen LogP contribution in [0.2, 0.25) is 0 Å². The Labute approximate surface area is 124 Å². The monoisotopic (exact) mass is 276 g/mol. The van der Waals surface area contributed by atoms with Gasteiger partial charge in [-0.15, -0.1) is 0 Å². The van der Waals surface area contributed by atoms with Crippen molar-refractivity contribution >= 4 is 0 Å². The van der Waals surface area contributed by atoms with Crippen molar-refractivity contribution in [2.75, 3.05) is 0 Å². The molecule has 1 heterocycles. The van der Waals surface area contributed by atoms with E-state index >= 15 is 0 Å². The van der Waals surface area contributed by atoms with Gasteiger partial charge in [0.1, 0.15) is 11.5 Å². The molecule has 0 fully saturated rings. The summed E-state index contributed by atoms with van der Waals surface area (Å²) in [6.07, 6.45) is 1.72. The van der Waals surface area contributed by atoms with Crippen LogP contribution in [0.15, 0.2) is 72.9 Å². The lowest BCUT2D eigenvalue weighted by Crippen LogP contribution is -2.01. The molecule has 1 aromatic heterocycles. The molecule has 0 amide bonds. The van der Waals surface area contributed by atoms with Crippen LogP contribution in [0.5, 0.6) is 11.5 Å². The first-order chi connectivity index (χ1) is 10.4. The summed E-state index contributed by atoms with van der Waals surface area (Å²) in [5.41, 5.74) is 8.76. The summed E-state index contributed by atoms with van der Waals surface area (Å²) in [6, 6.07) is 22.0. The van der Waals surface area contributed by atoms with Crippen molar-refractivity contribution in [2.45, 2.75) is 6.54 Å². The van der Waals surface area contributed by atoms with Gasteiger partial charge in [0.05, 0.1) is 5.69 Å². The van der Waals surface area contributed by atoms with E-state index in [0.29, 0.717) is 12.3 Å². The van der Waals surface area contributed by atoms with Gasteiger partial charge in [-0.2, -0.15) is 0 Å². The Hall–Kier alpha value is -2.65. The largest absolute Gasteiger partial charge is 0.455 e. The fraction of sp³-hybridized carbons (Fsp3) is 0.0556. The van der Waals surface area contributed by atoms with Crippen LogP contribution in [0.4, 0.5) is 0 Å². The Bertz CT molecular complexity index is 709. The molecular formula is C18H16N2O. The molecule has 0 aliphatic rings. The first-order valence-corrected chi connectivity index (χ1v) is 6.84. The quantitative estimate of drug-likeness (QED) is 0.783. The second-order valence-corrected chi connectivity index (χ2v) is 4.64. The Morgan fingerprint density at radius 2 is 1.52 bits per heavy atom. The van der Waals surface area contributed by atoms with Crippen LogP contribution < -0.4 is 10.5 Å². The standard InChI is InChI=1S/C18H16N2O/c19-13-17-18(7-4-12-20-17)21-16-10-8-15(9-11-16)14-5-2-1-3-6-14/h1-12H,13,19H2. The minimum absolute atomic E-state index is 0.359. The van der Waals surface area contributed by atoms with Gasteiger partial charge in [-0.1, -0.05) is 42.5 Å². The molecule has 0 unspecified atom stereocenters. The number of rotatable bonds is 4. The second-order valence-electron chi connectivity index (χ2n) is 4.64. The summed E-state index contributed by atoms with van der Waals surface area (Å²) in [5.74, 6) is 1.48. The fourth-order valence-corrected chi connectivity index (χ4v) is 2.14. The zero-order chi connectivity index (χ0) is 14.5. The van der Waals surface area contributed by atoms with Crippen LogP contribution in [-0.2, 0) is 6.54 Å². The van der Waals surface area contributed by atoms with Crippen molar-refractivity contribution in [3.05, 3.63) is 78.6 Å². The van der Waals surface area contributed by atoms with E-state index in [-0.39, 0.29) is 0 Å². The molecule has 0 spiro atoms. The average molecular weight is 276 g/mol. The van der Waals surface area contributed by atoms with E-state index in [1.54, 1.807) is 6.20 Å². The summed E-state index contributed by atoms with van der Waals surface area (Å²) in [5, 5.41) is 0. The van der Waals surface area contributed by atoms with Gasteiger partial charge in [-0.3, -0.25) is 4.98 Å². The topological polar surface area (TPSA) is 48.1 Å². The third-order valence-corrected chi connectivity index (χ3v) is 3.23. The van der Waals surface area contributed by atoms with Gasteiger partial charge in [0.2, 0.25) is 0 Å². The molecule has 2 aromatic carbocycles. The van der Waals surface area contributed by atoms with Crippen LogP contribution >= 0.6 is 0 Å². The number of benzene rings is 2. The maximum atomic E-state index is 5.85. The van der Waals surface area contributed by atoms with Gasteiger partial charge in [0.25, 0.3) is 0 Å². The number of nitrogens with zero attached hydrogens (tertiary/aromatic N) is 1. The molecule has 3 aromatic rings. The van der Waals surface area contributed by atoms with Crippen LogP contribution in [0.1, 0.15) is 5.69 Å². The Morgan fingerprint density at radius 3 is 2.24 bits per heavy atom. The molecule has 0 saturated heterocycles. The maximum Gasteiger partial charge on any atom is 0.150 e. The molecule has 0 atom stereocenters. The summed E-state index contributed by atoms with van der Waals surface area (Å²) in [7, 11) is 0. The Balaban J connectivity index is 1.82. The van der Waals surface area contributed by atoms with E-state index in [0.717, 1.165) is 17.0 Å². The SMILES string of the molecule is NCc1ncccc1Oc1ccc(-c2ccccc2)cc1. The van der Waals surface area contributed by atoms with E-state index in [9.17, 15) is 0 Å². The lowest BCUT2D eigenvalue weighted by molar-refractivity contribution is 0.473. The third-order valence-electron chi connectivity index (χ3n) is 3.23. The fourth-order valence-electron chi connectivity index (χ4n) is 2.14. The molecule has 0 saturated carbocycles. The van der Waals surface area contributed by atoms with Gasteiger partial charge >= 0.3 is 0 Å². The number of pyridine rings is 1. The molecule has 21 heavy (non-hydrogen) atoms. The third kappa shape index (κ3) is 3.09. The summed E-state index contributed by atoms with van der Waals surface area (Å²) in [6.45, 7) is 0.359. The second kappa shape index (κ2) is 6.20. The van der Waals surface area contributed by atoms with Crippen molar-refractivity contribution in [2.24, 2.45) is 5.73 Å². The summed E-state index contributed by atoms with van der Waals surface area (Å²) < 4.78 is 5.85. The highest BCUT2D eigenvalue weighted by Gasteiger charge is 2.04. The number of hydrogen-bond acceptors (Lipinski definition) is 3. The van der Waals surface area contributed by atoms with Crippen LogP contribution in [0.3, 0.4) is 0 Å². The van der Waals surface area contributed by atoms with E-state index in [1.165, 1.54) is 5.56 Å². The van der Waals surface area contributed by atoms with Crippen LogP contribution in [-0.4, -0.2) is 4.98 Å². The molecule has 0 bridgehead atoms. The average Bonchev–Trinajstić information content (AvgIpc) is 2.57. The Morgan fingerprint density at radius 1 is 0.810 bits per heavy atom. The van der Waals surface area contributed by atoms with E-state index in [1.807, 2.05) is 54.6 Å². The molecule has 104 valence electrons. The number of aromatic nitrogens is 1. The zero-order valence-corrected chi connectivity index (χ0v) is 11.6. The van der Waals surface area contributed by atoms with Crippen molar-refractivity contribution in [3.8, 4) is 22.6 Å². The first kappa shape index (κ1) is 13.3. The molecule has 3 heteroatoms. The highest BCUT2D eigenvalue weighted by molar-refractivity contribution is 5.64. The number of ether oxygens (including phenoxy) is 1. The number of nitrogens with two attached hydrogens (primary N) is 1. The lowest BCUT2D eigenvalue weighted by Gasteiger charge is -2.09. The van der Waals surface area contributed by atoms with Gasteiger partial charge in [0, 0.05) is 12.7 Å². The number of hydrogen-bond donors (Lipinski definition) is 1. The molecule has 3 rings (SSSR count). The minimum Gasteiger partial charge on any atom is -0.455 e. The van der Waals surface area contributed by atoms with Crippen molar-refractivity contribution in [1.82, 2.24) is 4.98 Å². The van der Waals surface area contributed by atoms with Gasteiger partial charge in [0.15, 0.2) is 0 Å². The predicted octanol–water partition coefficient (Wildman–Crippen LogP) is 4.00. The van der Waals surface area contributed by atoms with Gasteiger partial charge < -0.3 is 10.5 Å². The van der Waals surface area contributed by atoms with E-state index < -0.39 is 0 Å². The zero-order valence-electron chi connectivity index (χ0n) is 11.6. The van der Waals surface area contributed by atoms with E-state index in [2.05, 4.69) is 17.1 Å². The minimum atomic E-state index is 0.359. The smallest absolute Gasteiger partial charge is 0.150 e. The highest BCUT2D eigenvalue weighted by atomic mass is 16.5. The van der Waals surface area contributed by atoms with Crippen LogP contribution in [0, 0.1) is 0 Å². The van der Waals surface area contributed by atoms with Gasteiger partial charge in [-0.25, -0.2) is 0 Å². The van der Waals surface area contributed by atoms with Crippen molar-refractivity contribution in [1.29, 1.82) is 0 Å². The molecule has 0 radical (unpaired) electrons. The molecule has 0 aliphatic heterocycles. The predicted molar refractivity (Wildman–Crippen MR) is 84.1 cm³/mol. The van der Waals surface area contributed by atoms with Crippen molar-refractivity contribution in [3.63, 3.8) is 0 Å².